The normalized spacial score (nSPS) is 15.1. The van der Waals surface area contributed by atoms with Crippen LogP contribution in [0.4, 0.5) is 5.69 Å². The average molecular weight is 330 g/mol. The number of nitrogens with one attached hydrogen (secondary N) is 1. The number of hydrogen-bond acceptors (Lipinski definition) is 4. The molecule has 0 aliphatic carbocycles. The molecule has 0 atom stereocenters. The predicted octanol–water partition coefficient (Wildman–Crippen LogP) is 0.648. The zero-order valence-electron chi connectivity index (χ0n) is 14.0. The van der Waals surface area contributed by atoms with Crippen molar-refractivity contribution in [1.29, 1.82) is 0 Å². The van der Waals surface area contributed by atoms with Gasteiger partial charge in [-0.25, -0.2) is 0 Å². The number of hydrogen-bond donors (Lipinski definition) is 2. The number of nitrogens with zero attached hydrogens (tertiary/aromatic N) is 2. The van der Waals surface area contributed by atoms with Crippen molar-refractivity contribution >= 4 is 17.5 Å². The Morgan fingerprint density at radius 3 is 2.58 bits per heavy atom. The van der Waals surface area contributed by atoms with E-state index in [1.54, 1.807) is 6.08 Å². The van der Waals surface area contributed by atoms with Crippen molar-refractivity contribution in [3.8, 4) is 0 Å². The van der Waals surface area contributed by atoms with Crippen LogP contribution in [0.25, 0.3) is 0 Å². The van der Waals surface area contributed by atoms with Gasteiger partial charge in [-0.2, -0.15) is 0 Å². The topological polar surface area (TPSA) is 78.7 Å². The molecule has 2 rings (SSSR count). The Hall–Kier alpha value is -2.34. The molecule has 130 valence electrons. The van der Waals surface area contributed by atoms with Crippen molar-refractivity contribution in [3.63, 3.8) is 0 Å². The maximum Gasteiger partial charge on any atom is 0.234 e. The number of para-hydroxylation sites is 1. The van der Waals surface area contributed by atoms with Crippen LogP contribution in [0.3, 0.4) is 0 Å². The van der Waals surface area contributed by atoms with E-state index in [1.165, 1.54) is 0 Å². The maximum atomic E-state index is 12.3. The summed E-state index contributed by atoms with van der Waals surface area (Å²) in [4.78, 5) is 28.0. The molecule has 0 saturated carbocycles. The number of anilines is 1. The molecule has 1 aromatic carbocycles. The number of rotatable bonds is 7. The standard InChI is InChI=1S/C18H26N4O2/c1-2-9-20-17(23)14-21-10-12-22(13-11-21)18(24)8-7-15-5-3-4-6-16(15)19/h2-6H,1,7-14,19H2,(H,20,23). The summed E-state index contributed by atoms with van der Waals surface area (Å²) < 4.78 is 0. The largest absolute Gasteiger partial charge is 0.399 e. The average Bonchev–Trinajstić information content (AvgIpc) is 2.59. The number of carbonyl (C=O) groups excluding carboxylic acids is 2. The molecule has 3 N–H and O–H groups in total. The van der Waals surface area contributed by atoms with Crippen LogP contribution in [0.1, 0.15) is 12.0 Å². The monoisotopic (exact) mass is 330 g/mol. The minimum Gasteiger partial charge on any atom is -0.399 e. The molecule has 1 heterocycles. The van der Waals surface area contributed by atoms with Gasteiger partial charge in [-0.3, -0.25) is 14.5 Å². The lowest BCUT2D eigenvalue weighted by Crippen LogP contribution is -2.51. The minimum atomic E-state index is -0.00534. The first-order chi connectivity index (χ1) is 11.6. The van der Waals surface area contributed by atoms with Crippen molar-refractivity contribution in [1.82, 2.24) is 15.1 Å². The van der Waals surface area contributed by atoms with Gasteiger partial charge in [-0.15, -0.1) is 6.58 Å². The van der Waals surface area contributed by atoms with Crippen LogP contribution < -0.4 is 11.1 Å². The van der Waals surface area contributed by atoms with Crippen LogP contribution in [0.2, 0.25) is 0 Å². The van der Waals surface area contributed by atoms with Gasteiger partial charge in [0.05, 0.1) is 6.54 Å². The zero-order valence-corrected chi connectivity index (χ0v) is 14.0. The maximum absolute atomic E-state index is 12.3. The first kappa shape index (κ1) is 18.0. The Bertz CT molecular complexity index is 580. The van der Waals surface area contributed by atoms with Crippen molar-refractivity contribution in [2.45, 2.75) is 12.8 Å². The molecule has 0 spiro atoms. The molecule has 0 aromatic heterocycles. The van der Waals surface area contributed by atoms with Crippen molar-refractivity contribution in [2.75, 3.05) is 45.0 Å². The summed E-state index contributed by atoms with van der Waals surface area (Å²) in [5, 5.41) is 2.77. The fourth-order valence-corrected chi connectivity index (χ4v) is 2.76. The number of carbonyl (C=O) groups is 2. The molecule has 6 nitrogen and oxygen atoms in total. The SMILES string of the molecule is C=CCNC(=O)CN1CCN(C(=O)CCc2ccccc2N)CC1. The van der Waals surface area contributed by atoms with E-state index in [9.17, 15) is 9.59 Å². The summed E-state index contributed by atoms with van der Waals surface area (Å²) in [6, 6.07) is 7.65. The zero-order chi connectivity index (χ0) is 17.4. The molecule has 24 heavy (non-hydrogen) atoms. The molecule has 6 heteroatoms. The highest BCUT2D eigenvalue weighted by molar-refractivity contribution is 5.78. The first-order valence-corrected chi connectivity index (χ1v) is 8.31. The molecule has 0 unspecified atom stereocenters. The van der Waals surface area contributed by atoms with Gasteiger partial charge in [0, 0.05) is 44.8 Å². The van der Waals surface area contributed by atoms with E-state index in [0.29, 0.717) is 39.0 Å². The Morgan fingerprint density at radius 2 is 1.92 bits per heavy atom. The Morgan fingerprint density at radius 1 is 1.21 bits per heavy atom. The lowest BCUT2D eigenvalue weighted by Gasteiger charge is -2.34. The molecule has 1 aromatic rings. The molecule has 1 saturated heterocycles. The van der Waals surface area contributed by atoms with Gasteiger partial charge < -0.3 is 16.0 Å². The van der Waals surface area contributed by atoms with E-state index in [-0.39, 0.29) is 11.8 Å². The predicted molar refractivity (Wildman–Crippen MR) is 95.4 cm³/mol. The number of nitrogen functional groups attached to an aromatic ring is 1. The highest BCUT2D eigenvalue weighted by atomic mass is 16.2. The van der Waals surface area contributed by atoms with E-state index in [1.807, 2.05) is 29.2 Å². The third-order valence-corrected chi connectivity index (χ3v) is 4.20. The van der Waals surface area contributed by atoms with Crippen molar-refractivity contribution in [3.05, 3.63) is 42.5 Å². The summed E-state index contributed by atoms with van der Waals surface area (Å²) in [5.41, 5.74) is 7.66. The summed E-state index contributed by atoms with van der Waals surface area (Å²) in [6.07, 6.45) is 2.79. The second-order valence-corrected chi connectivity index (χ2v) is 5.95. The van der Waals surface area contributed by atoms with Gasteiger partial charge in [0.25, 0.3) is 0 Å². The van der Waals surface area contributed by atoms with E-state index < -0.39 is 0 Å². The lowest BCUT2D eigenvalue weighted by molar-refractivity contribution is -0.133. The molecular formula is C18H26N4O2. The lowest BCUT2D eigenvalue weighted by atomic mass is 10.1. The van der Waals surface area contributed by atoms with E-state index in [0.717, 1.165) is 24.3 Å². The third kappa shape index (κ3) is 5.38. The number of nitrogens with two attached hydrogens (primary N) is 1. The smallest absolute Gasteiger partial charge is 0.234 e. The fraction of sp³-hybridized carbons (Fsp3) is 0.444. The van der Waals surface area contributed by atoms with Crippen molar-refractivity contribution < 1.29 is 9.59 Å². The Balaban J connectivity index is 1.71. The van der Waals surface area contributed by atoms with Crippen LogP contribution in [0.15, 0.2) is 36.9 Å². The molecule has 1 aliphatic heterocycles. The van der Waals surface area contributed by atoms with Gasteiger partial charge in [-0.1, -0.05) is 24.3 Å². The highest BCUT2D eigenvalue weighted by Gasteiger charge is 2.22. The van der Waals surface area contributed by atoms with Crippen LogP contribution in [0.5, 0.6) is 0 Å². The van der Waals surface area contributed by atoms with Gasteiger partial charge in [0.15, 0.2) is 0 Å². The van der Waals surface area contributed by atoms with E-state index in [2.05, 4.69) is 16.8 Å². The Labute approximate surface area is 143 Å². The molecule has 2 amide bonds. The van der Waals surface area contributed by atoms with Crippen LogP contribution in [-0.4, -0.2) is 60.9 Å². The molecule has 0 radical (unpaired) electrons. The second kappa shape index (κ2) is 9.08. The van der Waals surface area contributed by atoms with Crippen molar-refractivity contribution in [2.24, 2.45) is 0 Å². The number of amides is 2. The Kier molecular flexibility index (Phi) is 6.81. The number of piperazine rings is 1. The quantitative estimate of drug-likeness (QED) is 0.568. The number of benzene rings is 1. The molecule has 1 aliphatic rings. The molecular weight excluding hydrogens is 304 g/mol. The van der Waals surface area contributed by atoms with Gasteiger partial charge in [0.2, 0.25) is 11.8 Å². The second-order valence-electron chi connectivity index (χ2n) is 5.95. The summed E-state index contributed by atoms with van der Waals surface area (Å²) in [7, 11) is 0. The van der Waals surface area contributed by atoms with Crippen LogP contribution in [-0.2, 0) is 16.0 Å². The first-order valence-electron chi connectivity index (χ1n) is 8.31. The van der Waals surface area contributed by atoms with Crippen LogP contribution >= 0.6 is 0 Å². The molecule has 0 bridgehead atoms. The van der Waals surface area contributed by atoms with E-state index in [4.69, 9.17) is 5.73 Å². The summed E-state index contributed by atoms with van der Waals surface area (Å²) in [5.74, 6) is 0.142. The summed E-state index contributed by atoms with van der Waals surface area (Å²) in [6.45, 7) is 7.21. The van der Waals surface area contributed by atoms with E-state index >= 15 is 0 Å². The fourth-order valence-electron chi connectivity index (χ4n) is 2.76. The summed E-state index contributed by atoms with van der Waals surface area (Å²) >= 11 is 0. The number of aryl methyl sites for hydroxylation is 1. The highest BCUT2D eigenvalue weighted by Crippen LogP contribution is 2.14. The van der Waals surface area contributed by atoms with Crippen LogP contribution in [0, 0.1) is 0 Å². The third-order valence-electron chi connectivity index (χ3n) is 4.20. The molecule has 1 fully saturated rings. The van der Waals surface area contributed by atoms with Gasteiger partial charge in [-0.05, 0) is 18.1 Å². The minimum absolute atomic E-state index is 0.00534. The van der Waals surface area contributed by atoms with Gasteiger partial charge >= 0.3 is 0 Å². The van der Waals surface area contributed by atoms with Gasteiger partial charge in [0.1, 0.15) is 0 Å².